The van der Waals surface area contributed by atoms with Crippen LogP contribution in [0.25, 0.3) is 16.7 Å². The quantitative estimate of drug-likeness (QED) is 0.548. The summed E-state index contributed by atoms with van der Waals surface area (Å²) in [5.41, 5.74) is 3.24. The third kappa shape index (κ3) is 3.82. The van der Waals surface area contributed by atoms with Gasteiger partial charge in [0.25, 0.3) is 5.91 Å². The Bertz CT molecular complexity index is 1070. The molecule has 1 amide bonds. The number of halogens is 4. The van der Waals surface area contributed by atoms with Crippen molar-refractivity contribution in [3.63, 3.8) is 0 Å². The minimum absolute atomic E-state index is 0.0627. The van der Waals surface area contributed by atoms with E-state index in [0.717, 1.165) is 22.3 Å². The van der Waals surface area contributed by atoms with Gasteiger partial charge in [0.15, 0.2) is 0 Å². The van der Waals surface area contributed by atoms with Crippen LogP contribution in [0.3, 0.4) is 0 Å². The first kappa shape index (κ1) is 21.8. The maximum Gasteiger partial charge on any atom is 0.391 e. The van der Waals surface area contributed by atoms with Crippen LogP contribution in [0.5, 0.6) is 0 Å². The Hall–Kier alpha value is -2.47. The zero-order chi connectivity index (χ0) is 22.6. The first-order valence-corrected chi connectivity index (χ1v) is 10.6. The van der Waals surface area contributed by atoms with Gasteiger partial charge in [0.2, 0.25) is 0 Å². The van der Waals surface area contributed by atoms with E-state index in [9.17, 15) is 23.1 Å². The fourth-order valence-electron chi connectivity index (χ4n) is 4.80. The highest BCUT2D eigenvalue weighted by Gasteiger charge is 2.52. The van der Waals surface area contributed by atoms with Crippen LogP contribution in [0.15, 0.2) is 42.2 Å². The minimum Gasteiger partial charge on any atom is -0.509 e. The third-order valence-electron chi connectivity index (χ3n) is 6.57. The number of amides is 1. The van der Waals surface area contributed by atoms with E-state index < -0.39 is 23.5 Å². The molecule has 2 aromatic carbocycles. The molecule has 0 unspecified atom stereocenters. The fraction of sp³-hybridized carbons (Fsp3) is 0.375. The van der Waals surface area contributed by atoms with Crippen LogP contribution in [0.1, 0.15) is 42.4 Å². The van der Waals surface area contributed by atoms with Crippen LogP contribution in [0.2, 0.25) is 5.02 Å². The van der Waals surface area contributed by atoms with Gasteiger partial charge in [0.1, 0.15) is 5.76 Å². The Morgan fingerprint density at radius 2 is 1.61 bits per heavy atom. The Kier molecular flexibility index (Phi) is 5.32. The standard InChI is InChI=1S/C24H23ClF3NO2/c1-13-11-14(2)19(12-18(13)15-3-5-17(25)6-4-15)20-21(30)23(29-22(20)31)9-7-16(8-10-23)24(26,27)28/h3-6,11-12,16,30H,7-10H2,1-2H3,(H,29,31). The van der Waals surface area contributed by atoms with Gasteiger partial charge >= 0.3 is 6.18 Å². The lowest BCUT2D eigenvalue weighted by Crippen LogP contribution is -2.48. The average Bonchev–Trinajstić information content (AvgIpc) is 2.92. The molecule has 1 heterocycles. The smallest absolute Gasteiger partial charge is 0.391 e. The zero-order valence-electron chi connectivity index (χ0n) is 17.2. The molecule has 3 nitrogen and oxygen atoms in total. The van der Waals surface area contributed by atoms with Crippen LogP contribution >= 0.6 is 11.6 Å². The third-order valence-corrected chi connectivity index (χ3v) is 6.82. The first-order chi connectivity index (χ1) is 14.5. The summed E-state index contributed by atoms with van der Waals surface area (Å²) in [6.45, 7) is 3.82. The van der Waals surface area contributed by atoms with Crippen molar-refractivity contribution < 1.29 is 23.1 Å². The maximum atomic E-state index is 13.1. The number of aliphatic hydroxyl groups is 1. The monoisotopic (exact) mass is 449 g/mol. The molecule has 0 atom stereocenters. The molecule has 1 spiro atoms. The summed E-state index contributed by atoms with van der Waals surface area (Å²) in [5.74, 6) is -1.99. The fourth-order valence-corrected chi connectivity index (χ4v) is 4.92. The van der Waals surface area contributed by atoms with Crippen molar-refractivity contribution >= 4 is 23.1 Å². The van der Waals surface area contributed by atoms with Gasteiger partial charge in [0.05, 0.1) is 17.0 Å². The molecule has 2 aromatic rings. The Morgan fingerprint density at radius 1 is 1.03 bits per heavy atom. The molecule has 0 saturated heterocycles. The van der Waals surface area contributed by atoms with Gasteiger partial charge in [-0.3, -0.25) is 4.79 Å². The molecule has 31 heavy (non-hydrogen) atoms. The lowest BCUT2D eigenvalue weighted by molar-refractivity contribution is -0.184. The molecule has 164 valence electrons. The van der Waals surface area contributed by atoms with Gasteiger partial charge in [-0.25, -0.2) is 0 Å². The van der Waals surface area contributed by atoms with Crippen LogP contribution in [-0.4, -0.2) is 22.7 Å². The molecule has 1 aliphatic heterocycles. The number of rotatable bonds is 2. The van der Waals surface area contributed by atoms with Crippen LogP contribution in [-0.2, 0) is 4.79 Å². The summed E-state index contributed by atoms with van der Waals surface area (Å²) in [4.78, 5) is 12.9. The predicted molar refractivity (Wildman–Crippen MR) is 115 cm³/mol. The molecular weight excluding hydrogens is 427 g/mol. The zero-order valence-corrected chi connectivity index (χ0v) is 18.0. The number of carbonyl (C=O) groups is 1. The number of carbonyl (C=O) groups excluding carboxylic acids is 1. The molecule has 1 saturated carbocycles. The SMILES string of the molecule is Cc1cc(C)c(-c2ccc(Cl)cc2)cc1C1=C(O)C2(CCC(C(F)(F)F)CC2)NC1=O. The number of aryl methyl sites for hydroxylation is 2. The van der Waals surface area contributed by atoms with Crippen molar-refractivity contribution in [2.24, 2.45) is 5.92 Å². The summed E-state index contributed by atoms with van der Waals surface area (Å²) in [6, 6.07) is 11.1. The largest absolute Gasteiger partial charge is 0.509 e. The van der Waals surface area contributed by atoms with Crippen LogP contribution in [0, 0.1) is 19.8 Å². The number of hydrogen-bond donors (Lipinski definition) is 2. The van der Waals surface area contributed by atoms with Crippen molar-refractivity contribution in [2.45, 2.75) is 51.2 Å². The second-order valence-electron chi connectivity index (χ2n) is 8.56. The van der Waals surface area contributed by atoms with Gasteiger partial charge in [-0.15, -0.1) is 0 Å². The number of hydrogen-bond acceptors (Lipinski definition) is 2. The summed E-state index contributed by atoms with van der Waals surface area (Å²) < 4.78 is 39.2. The van der Waals surface area contributed by atoms with E-state index in [0.29, 0.717) is 10.6 Å². The van der Waals surface area contributed by atoms with Crippen molar-refractivity contribution in [3.8, 4) is 11.1 Å². The van der Waals surface area contributed by atoms with E-state index >= 15 is 0 Å². The molecule has 2 N–H and O–H groups in total. The Morgan fingerprint density at radius 3 is 2.19 bits per heavy atom. The summed E-state index contributed by atoms with van der Waals surface area (Å²) >= 11 is 5.99. The molecule has 7 heteroatoms. The summed E-state index contributed by atoms with van der Waals surface area (Å²) in [7, 11) is 0. The number of aliphatic hydroxyl groups excluding tert-OH is 1. The molecule has 0 aromatic heterocycles. The first-order valence-electron chi connectivity index (χ1n) is 10.2. The molecule has 0 radical (unpaired) electrons. The molecule has 2 aliphatic rings. The lowest BCUT2D eigenvalue weighted by atomic mass is 9.75. The van der Waals surface area contributed by atoms with E-state index in [2.05, 4.69) is 5.32 Å². The van der Waals surface area contributed by atoms with Gasteiger partial charge < -0.3 is 10.4 Å². The van der Waals surface area contributed by atoms with Crippen molar-refractivity contribution in [1.82, 2.24) is 5.32 Å². The Balaban J connectivity index is 1.74. The molecule has 1 fully saturated rings. The van der Waals surface area contributed by atoms with Crippen molar-refractivity contribution in [1.29, 1.82) is 0 Å². The maximum absolute atomic E-state index is 13.1. The van der Waals surface area contributed by atoms with E-state index in [1.54, 1.807) is 12.1 Å². The second kappa shape index (κ2) is 7.59. The normalized spacial score (nSPS) is 24.1. The van der Waals surface area contributed by atoms with Crippen molar-refractivity contribution in [3.05, 3.63) is 63.9 Å². The highest BCUT2D eigenvalue weighted by atomic mass is 35.5. The van der Waals surface area contributed by atoms with Crippen LogP contribution < -0.4 is 5.32 Å². The van der Waals surface area contributed by atoms with E-state index in [1.165, 1.54) is 0 Å². The Labute approximate surface area is 183 Å². The average molecular weight is 450 g/mol. The molecule has 1 aliphatic carbocycles. The van der Waals surface area contributed by atoms with Gasteiger partial charge in [0, 0.05) is 5.02 Å². The van der Waals surface area contributed by atoms with Crippen LogP contribution in [0.4, 0.5) is 13.2 Å². The van der Waals surface area contributed by atoms with E-state index in [4.69, 9.17) is 11.6 Å². The molecule has 0 bridgehead atoms. The van der Waals surface area contributed by atoms with Crippen molar-refractivity contribution in [2.75, 3.05) is 0 Å². The minimum atomic E-state index is -4.26. The van der Waals surface area contributed by atoms with Gasteiger partial charge in [-0.05, 0) is 85.5 Å². The lowest BCUT2D eigenvalue weighted by Gasteiger charge is -2.37. The number of alkyl halides is 3. The summed E-state index contributed by atoms with van der Waals surface area (Å²) in [6.07, 6.45) is -4.37. The van der Waals surface area contributed by atoms with Gasteiger partial charge in [-0.2, -0.15) is 13.2 Å². The highest BCUT2D eigenvalue weighted by molar-refractivity contribution is 6.30. The highest BCUT2D eigenvalue weighted by Crippen LogP contribution is 2.47. The molecular formula is C24H23ClF3NO2. The predicted octanol–water partition coefficient (Wildman–Crippen LogP) is 6.51. The number of nitrogens with one attached hydrogen (secondary N) is 1. The van der Waals surface area contributed by atoms with Gasteiger partial charge in [-0.1, -0.05) is 29.8 Å². The van der Waals surface area contributed by atoms with E-state index in [1.807, 2.05) is 38.1 Å². The second-order valence-corrected chi connectivity index (χ2v) is 9.00. The van der Waals surface area contributed by atoms with E-state index in [-0.39, 0.29) is 37.0 Å². The summed E-state index contributed by atoms with van der Waals surface area (Å²) in [5, 5.41) is 14.5. The topological polar surface area (TPSA) is 49.3 Å². The number of benzene rings is 2. The molecule has 4 rings (SSSR count).